The van der Waals surface area contributed by atoms with Gasteiger partial charge in [-0.1, -0.05) is 18.2 Å². The highest BCUT2D eigenvalue weighted by Gasteiger charge is 2.40. The predicted octanol–water partition coefficient (Wildman–Crippen LogP) is 5.76. The summed E-state index contributed by atoms with van der Waals surface area (Å²) in [6.45, 7) is 1.72. The number of esters is 1. The molecule has 3 rings (SSSR count). The van der Waals surface area contributed by atoms with E-state index >= 15 is 0 Å². The number of benzene rings is 2. The number of carbonyl (C=O) groups is 2. The molecule has 0 spiro atoms. The Labute approximate surface area is 214 Å². The molecule has 0 aromatic heterocycles. The molecule has 0 saturated carbocycles. The zero-order valence-corrected chi connectivity index (χ0v) is 20.6. The summed E-state index contributed by atoms with van der Waals surface area (Å²) in [4.78, 5) is 25.6. The number of hydrogen-bond donors (Lipinski definition) is 1. The van der Waals surface area contributed by atoms with Crippen molar-refractivity contribution in [2.75, 3.05) is 20.8 Å². The van der Waals surface area contributed by atoms with Crippen LogP contribution in [0.2, 0.25) is 0 Å². The first-order valence-electron chi connectivity index (χ1n) is 11.5. The van der Waals surface area contributed by atoms with Crippen LogP contribution in [0.4, 0.5) is 26.3 Å². The molecule has 2 aromatic rings. The molecule has 38 heavy (non-hydrogen) atoms. The molecule has 1 N–H and O–H groups in total. The van der Waals surface area contributed by atoms with Crippen LogP contribution in [0.15, 0.2) is 48.6 Å². The molecule has 2 aromatic carbocycles. The zero-order valence-electron chi connectivity index (χ0n) is 20.6. The largest absolute Gasteiger partial charge is 0.493 e. The molecule has 1 aliphatic carbocycles. The van der Waals surface area contributed by atoms with Crippen molar-refractivity contribution in [3.8, 4) is 11.5 Å². The second-order valence-electron chi connectivity index (χ2n) is 8.46. The maximum Gasteiger partial charge on any atom is 0.417 e. The van der Waals surface area contributed by atoms with Gasteiger partial charge < -0.3 is 19.5 Å². The summed E-state index contributed by atoms with van der Waals surface area (Å²) in [5, 5.41) is 2.34. The lowest BCUT2D eigenvalue weighted by Gasteiger charge is -2.23. The second-order valence-corrected chi connectivity index (χ2v) is 8.46. The van der Waals surface area contributed by atoms with Gasteiger partial charge in [0.15, 0.2) is 11.5 Å². The van der Waals surface area contributed by atoms with E-state index in [1.807, 2.05) is 0 Å². The van der Waals surface area contributed by atoms with E-state index in [0.717, 1.165) is 0 Å². The SMILES string of the molecule is CCOC(=O)C(c1ccc(OC)c(OC)c1)C1C=CC(NC(=O)c2cc(C(F)(F)F)ccc2C(F)(F)F)C1. The van der Waals surface area contributed by atoms with Crippen molar-refractivity contribution in [2.24, 2.45) is 5.92 Å². The summed E-state index contributed by atoms with van der Waals surface area (Å²) >= 11 is 0. The third kappa shape index (κ3) is 6.40. The zero-order chi connectivity index (χ0) is 28.3. The lowest BCUT2D eigenvalue weighted by Crippen LogP contribution is -2.35. The van der Waals surface area contributed by atoms with Gasteiger partial charge in [-0.15, -0.1) is 0 Å². The van der Waals surface area contributed by atoms with Gasteiger partial charge in [0.2, 0.25) is 0 Å². The van der Waals surface area contributed by atoms with Crippen molar-refractivity contribution in [3.63, 3.8) is 0 Å². The molecule has 3 atom stereocenters. The predicted molar refractivity (Wildman–Crippen MR) is 124 cm³/mol. The van der Waals surface area contributed by atoms with Crippen molar-refractivity contribution in [1.82, 2.24) is 5.32 Å². The number of allylic oxidation sites excluding steroid dienone is 1. The van der Waals surface area contributed by atoms with Crippen LogP contribution in [-0.4, -0.2) is 38.7 Å². The van der Waals surface area contributed by atoms with Crippen LogP contribution in [0.1, 0.15) is 46.3 Å². The lowest BCUT2D eigenvalue weighted by molar-refractivity contribution is -0.146. The van der Waals surface area contributed by atoms with Gasteiger partial charge in [-0.05, 0) is 55.2 Å². The van der Waals surface area contributed by atoms with Gasteiger partial charge in [-0.3, -0.25) is 9.59 Å². The van der Waals surface area contributed by atoms with E-state index in [1.54, 1.807) is 31.2 Å². The number of alkyl halides is 6. The van der Waals surface area contributed by atoms with Crippen LogP contribution in [0.25, 0.3) is 0 Å². The molecule has 1 aliphatic rings. The Hall–Kier alpha value is -3.70. The van der Waals surface area contributed by atoms with Crippen LogP contribution in [0.5, 0.6) is 11.5 Å². The van der Waals surface area contributed by atoms with E-state index in [0.29, 0.717) is 17.1 Å². The van der Waals surface area contributed by atoms with Gasteiger partial charge in [0.05, 0.1) is 43.4 Å². The topological polar surface area (TPSA) is 73.9 Å². The Balaban J connectivity index is 1.86. The van der Waals surface area contributed by atoms with Crippen molar-refractivity contribution >= 4 is 11.9 Å². The summed E-state index contributed by atoms with van der Waals surface area (Å²) in [7, 11) is 2.87. The Morgan fingerprint density at radius 3 is 2.21 bits per heavy atom. The molecule has 0 fully saturated rings. The first kappa shape index (κ1) is 28.9. The number of methoxy groups -OCH3 is 2. The summed E-state index contributed by atoms with van der Waals surface area (Å²) < 4.78 is 95.4. The quantitative estimate of drug-likeness (QED) is 0.259. The minimum Gasteiger partial charge on any atom is -0.493 e. The Bertz CT molecular complexity index is 1210. The highest BCUT2D eigenvalue weighted by Crippen LogP contribution is 2.39. The molecule has 6 nitrogen and oxygen atoms in total. The number of amides is 1. The van der Waals surface area contributed by atoms with Crippen LogP contribution < -0.4 is 14.8 Å². The summed E-state index contributed by atoms with van der Waals surface area (Å²) in [5.41, 5.74) is -3.51. The number of hydrogen-bond acceptors (Lipinski definition) is 5. The van der Waals surface area contributed by atoms with E-state index in [1.165, 1.54) is 20.3 Å². The molecule has 1 amide bonds. The van der Waals surface area contributed by atoms with E-state index in [9.17, 15) is 35.9 Å². The molecule has 0 aliphatic heterocycles. The van der Waals surface area contributed by atoms with Crippen molar-refractivity contribution in [3.05, 3.63) is 70.8 Å². The first-order chi connectivity index (χ1) is 17.8. The van der Waals surface area contributed by atoms with Crippen molar-refractivity contribution in [1.29, 1.82) is 0 Å². The Kier molecular flexibility index (Phi) is 8.63. The summed E-state index contributed by atoms with van der Waals surface area (Å²) in [6.07, 6.45) is -6.81. The maximum atomic E-state index is 13.4. The molecule has 206 valence electrons. The molecule has 0 heterocycles. The molecule has 12 heteroatoms. The third-order valence-corrected chi connectivity index (χ3v) is 6.07. The van der Waals surface area contributed by atoms with Gasteiger partial charge in [0, 0.05) is 6.04 Å². The lowest BCUT2D eigenvalue weighted by atomic mass is 9.85. The monoisotopic (exact) mass is 545 g/mol. The Morgan fingerprint density at radius 1 is 0.947 bits per heavy atom. The van der Waals surface area contributed by atoms with Crippen molar-refractivity contribution in [2.45, 2.75) is 37.7 Å². The van der Waals surface area contributed by atoms with Gasteiger partial charge in [-0.25, -0.2) is 0 Å². The maximum absolute atomic E-state index is 13.4. The van der Waals surface area contributed by atoms with Crippen LogP contribution >= 0.6 is 0 Å². The molecule has 0 saturated heterocycles. The molecular formula is C26H25F6NO5. The standard InChI is InChI=1S/C26H25F6NO5/c1-4-38-24(35)22(15-6-10-20(36-2)21(12-15)37-3)14-5-8-17(11-14)33-23(34)18-13-16(25(27,28)29)7-9-19(18)26(30,31)32/h5-10,12-14,17,22H,4,11H2,1-3H3,(H,33,34). The normalized spacial score (nSPS) is 18.1. The fourth-order valence-corrected chi connectivity index (χ4v) is 4.32. The van der Waals surface area contributed by atoms with E-state index < -0.39 is 58.8 Å². The Morgan fingerprint density at radius 2 is 1.63 bits per heavy atom. The summed E-state index contributed by atoms with van der Waals surface area (Å²) in [5.74, 6) is -2.51. The third-order valence-electron chi connectivity index (χ3n) is 6.07. The van der Waals surface area contributed by atoms with E-state index in [2.05, 4.69) is 5.32 Å². The first-order valence-corrected chi connectivity index (χ1v) is 11.5. The fourth-order valence-electron chi connectivity index (χ4n) is 4.32. The van der Waals surface area contributed by atoms with Crippen LogP contribution in [0, 0.1) is 5.92 Å². The molecule has 3 unspecified atom stereocenters. The minimum absolute atomic E-state index is 0.0872. The van der Waals surface area contributed by atoms with Gasteiger partial charge in [-0.2, -0.15) is 26.3 Å². The van der Waals surface area contributed by atoms with E-state index in [4.69, 9.17) is 14.2 Å². The van der Waals surface area contributed by atoms with Crippen molar-refractivity contribution < 1.29 is 50.1 Å². The van der Waals surface area contributed by atoms with Gasteiger partial charge in [0.1, 0.15) is 0 Å². The van der Waals surface area contributed by atoms with Gasteiger partial charge in [0.25, 0.3) is 5.91 Å². The molecular weight excluding hydrogens is 520 g/mol. The van der Waals surface area contributed by atoms with Crippen LogP contribution in [0.3, 0.4) is 0 Å². The average molecular weight is 545 g/mol. The number of carbonyl (C=O) groups excluding carboxylic acids is 2. The van der Waals surface area contributed by atoms with Crippen LogP contribution in [-0.2, 0) is 21.9 Å². The fraction of sp³-hybridized carbons (Fsp3) is 0.385. The smallest absolute Gasteiger partial charge is 0.417 e. The summed E-state index contributed by atoms with van der Waals surface area (Å²) in [6, 6.07) is 4.68. The number of ether oxygens (including phenoxy) is 3. The highest BCUT2D eigenvalue weighted by atomic mass is 19.4. The minimum atomic E-state index is -5.05. The average Bonchev–Trinajstić information content (AvgIpc) is 3.30. The number of halogens is 6. The number of rotatable bonds is 8. The molecule has 0 radical (unpaired) electrons. The second kappa shape index (κ2) is 11.4. The van der Waals surface area contributed by atoms with E-state index in [-0.39, 0.29) is 31.2 Å². The van der Waals surface area contributed by atoms with Gasteiger partial charge >= 0.3 is 18.3 Å². The highest BCUT2D eigenvalue weighted by molar-refractivity contribution is 5.96. The molecule has 0 bridgehead atoms. The number of nitrogens with one attached hydrogen (secondary N) is 1.